The SMILES string of the molecule is COc1ccc(OS(=O)(=O)C2CC3OC2C(c2ccc(NC(=O)CCCCC[Se]C#N)cc2)=C3c2ccc(O)cc2)cc1. The molecule has 2 bridgehead atoms. The van der Waals surface area contributed by atoms with Crippen LogP contribution in [0.3, 0.4) is 0 Å². The summed E-state index contributed by atoms with van der Waals surface area (Å²) in [5, 5.41) is 21.4. The van der Waals surface area contributed by atoms with Gasteiger partial charge in [-0.05, 0) is 47.5 Å². The summed E-state index contributed by atoms with van der Waals surface area (Å²) in [6, 6.07) is 20.4. The Balaban J connectivity index is 1.36. The molecule has 5 rings (SSSR count). The molecule has 1 saturated heterocycles. The fraction of sp³-hybridized carbons (Fsp3) is 0.312. The van der Waals surface area contributed by atoms with Gasteiger partial charge in [0.25, 0.3) is 0 Å². The number of nitrogens with one attached hydrogen (secondary N) is 1. The van der Waals surface area contributed by atoms with Crippen molar-refractivity contribution in [2.45, 2.75) is 54.9 Å². The maximum atomic E-state index is 13.5. The van der Waals surface area contributed by atoms with E-state index < -0.39 is 27.6 Å². The summed E-state index contributed by atoms with van der Waals surface area (Å²) in [5.74, 6) is 0.832. The van der Waals surface area contributed by atoms with E-state index in [1.807, 2.05) is 12.1 Å². The first-order valence-corrected chi connectivity index (χ1v) is 17.5. The van der Waals surface area contributed by atoms with Gasteiger partial charge in [-0.25, -0.2) is 0 Å². The van der Waals surface area contributed by atoms with Gasteiger partial charge >= 0.3 is 123 Å². The fourth-order valence-corrected chi connectivity index (χ4v) is 7.80. The number of methoxy groups -OCH3 is 1. The van der Waals surface area contributed by atoms with Crippen LogP contribution in [0, 0.1) is 10.2 Å². The van der Waals surface area contributed by atoms with E-state index in [1.165, 1.54) is 7.11 Å². The number of unbranched alkanes of at least 4 members (excludes halogenated alkanes) is 2. The fourth-order valence-electron chi connectivity index (χ4n) is 5.46. The van der Waals surface area contributed by atoms with E-state index in [-0.39, 0.29) is 38.8 Å². The van der Waals surface area contributed by atoms with Crippen molar-refractivity contribution < 1.29 is 32.0 Å². The summed E-state index contributed by atoms with van der Waals surface area (Å²) in [6.45, 7) is 0. The molecule has 43 heavy (non-hydrogen) atoms. The van der Waals surface area contributed by atoms with E-state index in [0.717, 1.165) is 46.9 Å². The van der Waals surface area contributed by atoms with Crippen molar-refractivity contribution in [3.8, 4) is 22.2 Å². The minimum atomic E-state index is -4.07. The molecule has 11 heteroatoms. The van der Waals surface area contributed by atoms with Crippen LogP contribution >= 0.6 is 0 Å². The van der Waals surface area contributed by atoms with Crippen LogP contribution in [0.2, 0.25) is 5.32 Å². The normalized spacial score (nSPS) is 19.2. The summed E-state index contributed by atoms with van der Waals surface area (Å²) in [5.41, 5.74) is 3.86. The van der Waals surface area contributed by atoms with Gasteiger partial charge in [-0.15, -0.1) is 0 Å². The van der Waals surface area contributed by atoms with Crippen LogP contribution in [0.25, 0.3) is 11.1 Å². The third-order valence-corrected chi connectivity index (χ3v) is 10.4. The van der Waals surface area contributed by atoms with Gasteiger partial charge in [-0.2, -0.15) is 8.42 Å². The molecule has 224 valence electrons. The van der Waals surface area contributed by atoms with E-state index in [2.05, 4.69) is 10.3 Å². The Morgan fingerprint density at radius 2 is 1.63 bits per heavy atom. The van der Waals surface area contributed by atoms with Crippen LogP contribution in [-0.4, -0.2) is 59.0 Å². The van der Waals surface area contributed by atoms with E-state index in [1.54, 1.807) is 60.7 Å². The van der Waals surface area contributed by atoms with Crippen LogP contribution in [0.1, 0.15) is 43.2 Å². The summed E-state index contributed by atoms with van der Waals surface area (Å²) >= 11 is 0.0270. The van der Waals surface area contributed by atoms with Gasteiger partial charge in [0, 0.05) is 6.42 Å². The molecule has 2 N–H and O–H groups in total. The maximum absolute atomic E-state index is 13.5. The molecule has 2 aliphatic heterocycles. The molecule has 0 spiro atoms. The Morgan fingerprint density at radius 3 is 2.30 bits per heavy atom. The number of rotatable bonds is 13. The zero-order chi connectivity index (χ0) is 30.4. The maximum Gasteiger partial charge on any atom is 0.115 e. The first-order chi connectivity index (χ1) is 20.8. The minimum Gasteiger partial charge on any atom is -0.508 e. The topological polar surface area (TPSA) is 135 Å². The molecular formula is C32H32N2O7SSe. The summed E-state index contributed by atoms with van der Waals surface area (Å²) in [4.78, 5) is 14.6. The number of anilines is 1. The zero-order valence-corrected chi connectivity index (χ0v) is 26.1. The van der Waals surface area contributed by atoms with E-state index in [4.69, 9.17) is 18.9 Å². The van der Waals surface area contributed by atoms with Gasteiger partial charge in [0.2, 0.25) is 0 Å². The number of phenolic OH excluding ortho intramolecular Hbond substituents is 1. The Bertz CT molecular complexity index is 1620. The standard InChI is InChI=1S/C32H32N2O7SSe/c1-39-25-14-16-26(17-15-25)41-42(37,38)28-19-27-30(21-8-12-24(35)13-9-21)31(32(28)40-27)22-6-10-23(11-7-22)34-29(36)5-3-2-4-18-43-20-33/h6-17,27-28,32,35H,2-5,18-19H2,1H3,(H,34,36). The smallest absolute Gasteiger partial charge is 0.115 e. The molecule has 3 aromatic carbocycles. The monoisotopic (exact) mass is 668 g/mol. The molecule has 2 aliphatic rings. The van der Waals surface area contributed by atoms with Gasteiger partial charge in [-0.1, -0.05) is 12.1 Å². The predicted molar refractivity (Wildman–Crippen MR) is 164 cm³/mol. The largest absolute Gasteiger partial charge is 0.508 e. The molecule has 9 nitrogen and oxygen atoms in total. The van der Waals surface area contributed by atoms with E-state index in [0.29, 0.717) is 17.9 Å². The third-order valence-electron chi connectivity index (χ3n) is 7.51. The second-order valence-electron chi connectivity index (χ2n) is 10.3. The van der Waals surface area contributed by atoms with Crippen molar-refractivity contribution in [2.75, 3.05) is 12.4 Å². The van der Waals surface area contributed by atoms with E-state index in [9.17, 15) is 18.3 Å². The van der Waals surface area contributed by atoms with Gasteiger partial charge in [-0.3, -0.25) is 0 Å². The van der Waals surface area contributed by atoms with Crippen LogP contribution in [0.15, 0.2) is 72.8 Å². The van der Waals surface area contributed by atoms with Crippen molar-refractivity contribution in [3.05, 3.63) is 83.9 Å². The molecule has 1 fully saturated rings. The number of nitriles is 1. The molecule has 0 aromatic heterocycles. The number of benzene rings is 3. The molecule has 3 aromatic rings. The molecule has 2 heterocycles. The first-order valence-electron chi connectivity index (χ1n) is 14.0. The minimum absolute atomic E-state index is 0.0270. The average molecular weight is 668 g/mol. The zero-order valence-electron chi connectivity index (χ0n) is 23.6. The van der Waals surface area contributed by atoms with Crippen molar-refractivity contribution in [2.24, 2.45) is 0 Å². The van der Waals surface area contributed by atoms with Crippen LogP contribution in [0.5, 0.6) is 17.2 Å². The number of carbonyl (C=O) groups excluding carboxylic acids is 1. The third kappa shape index (κ3) is 7.23. The number of phenols is 1. The summed E-state index contributed by atoms with van der Waals surface area (Å²) in [6.07, 6.45) is 2.04. The molecule has 3 unspecified atom stereocenters. The van der Waals surface area contributed by atoms with Crippen molar-refractivity contribution in [1.29, 1.82) is 5.26 Å². The molecular weight excluding hydrogens is 635 g/mol. The number of hydrogen-bond donors (Lipinski definition) is 2. The Morgan fingerprint density at radius 1 is 0.977 bits per heavy atom. The number of aromatic hydroxyl groups is 1. The van der Waals surface area contributed by atoms with Crippen molar-refractivity contribution >= 4 is 47.8 Å². The van der Waals surface area contributed by atoms with Crippen LogP contribution in [0.4, 0.5) is 5.69 Å². The molecule has 3 atom stereocenters. The van der Waals surface area contributed by atoms with Gasteiger partial charge in [0.1, 0.15) is 28.6 Å². The molecule has 0 radical (unpaired) electrons. The van der Waals surface area contributed by atoms with Crippen LogP contribution in [-0.2, 0) is 19.6 Å². The average Bonchev–Trinajstić information content (AvgIpc) is 3.60. The molecule has 1 amide bonds. The van der Waals surface area contributed by atoms with Gasteiger partial charge < -0.3 is 18.8 Å². The van der Waals surface area contributed by atoms with Gasteiger partial charge in [0.15, 0.2) is 0 Å². The summed E-state index contributed by atoms with van der Waals surface area (Å²) < 4.78 is 43.9. The number of carbonyl (C=O) groups is 1. The molecule has 0 saturated carbocycles. The van der Waals surface area contributed by atoms with Gasteiger partial charge in [0.05, 0.1) is 13.2 Å². The summed E-state index contributed by atoms with van der Waals surface area (Å²) in [7, 11) is -2.54. The Hall–Kier alpha value is -3.81. The Labute approximate surface area is 257 Å². The van der Waals surface area contributed by atoms with Crippen LogP contribution < -0.4 is 14.2 Å². The Kier molecular flexibility index (Phi) is 9.73. The second-order valence-corrected chi connectivity index (χ2v) is 13.9. The van der Waals surface area contributed by atoms with E-state index >= 15 is 0 Å². The van der Waals surface area contributed by atoms with Crippen molar-refractivity contribution in [3.63, 3.8) is 0 Å². The number of hydrogen-bond acceptors (Lipinski definition) is 8. The quantitative estimate of drug-likeness (QED) is 0.141. The number of ether oxygens (including phenoxy) is 2. The number of nitrogens with zero attached hydrogens (tertiary/aromatic N) is 1. The first kappa shape index (κ1) is 30.6. The second kappa shape index (κ2) is 13.7. The number of fused-ring (bicyclic) bond motifs is 2. The number of amides is 1. The van der Waals surface area contributed by atoms with Crippen molar-refractivity contribution in [1.82, 2.24) is 0 Å². The predicted octanol–water partition coefficient (Wildman–Crippen LogP) is 5.36. The molecule has 0 aliphatic carbocycles.